The first-order valence-electron chi connectivity index (χ1n) is 9.99. The van der Waals surface area contributed by atoms with E-state index in [4.69, 9.17) is 11.5 Å². The van der Waals surface area contributed by atoms with Crippen LogP contribution in [0.2, 0.25) is 0 Å². The van der Waals surface area contributed by atoms with Crippen LogP contribution in [0.5, 0.6) is 0 Å². The highest BCUT2D eigenvalue weighted by atomic mass is 14.6. The molecule has 1 aliphatic rings. The van der Waals surface area contributed by atoms with Crippen molar-refractivity contribution in [1.29, 1.82) is 0 Å². The van der Waals surface area contributed by atoms with Crippen LogP contribution in [0.25, 0.3) is 0 Å². The van der Waals surface area contributed by atoms with E-state index in [-0.39, 0.29) is 5.41 Å². The Morgan fingerprint density at radius 1 is 0.556 bits per heavy atom. The number of benzene rings is 3. The normalized spacial score (nSPS) is 15.6. The van der Waals surface area contributed by atoms with Gasteiger partial charge in [-0.25, -0.2) is 0 Å². The largest absolute Gasteiger partial charge is 0.399 e. The smallest absolute Gasteiger partial charge is 0.0479 e. The van der Waals surface area contributed by atoms with Crippen LogP contribution in [0, 0.1) is 5.92 Å². The van der Waals surface area contributed by atoms with Crippen LogP contribution in [0.15, 0.2) is 78.9 Å². The highest BCUT2D eigenvalue weighted by Gasteiger charge is 2.43. The summed E-state index contributed by atoms with van der Waals surface area (Å²) in [5, 5.41) is 0. The van der Waals surface area contributed by atoms with Crippen molar-refractivity contribution in [1.82, 2.24) is 0 Å². The van der Waals surface area contributed by atoms with Crippen LogP contribution in [-0.2, 0) is 5.41 Å². The maximum atomic E-state index is 6.03. The van der Waals surface area contributed by atoms with E-state index < -0.39 is 0 Å². The van der Waals surface area contributed by atoms with Gasteiger partial charge in [0.2, 0.25) is 0 Å². The van der Waals surface area contributed by atoms with E-state index >= 15 is 0 Å². The first kappa shape index (κ1) is 17.7. The third-order valence-corrected chi connectivity index (χ3v) is 6.18. The van der Waals surface area contributed by atoms with Crippen LogP contribution >= 0.6 is 0 Å². The second-order valence-corrected chi connectivity index (χ2v) is 7.75. The Kier molecular flexibility index (Phi) is 4.89. The molecule has 4 rings (SSSR count). The topological polar surface area (TPSA) is 52.0 Å². The van der Waals surface area contributed by atoms with Crippen molar-refractivity contribution >= 4 is 11.4 Å². The zero-order chi connectivity index (χ0) is 18.7. The van der Waals surface area contributed by atoms with Gasteiger partial charge in [0.05, 0.1) is 0 Å². The SMILES string of the molecule is Nc1ccc(C(c2ccccc2)(c2ccc(N)cc2)C2CCCCC2)cc1. The molecule has 1 fully saturated rings. The summed E-state index contributed by atoms with van der Waals surface area (Å²) in [5.41, 5.74) is 17.5. The quantitative estimate of drug-likeness (QED) is 0.461. The molecule has 3 aromatic rings. The van der Waals surface area contributed by atoms with Crippen molar-refractivity contribution in [3.8, 4) is 0 Å². The summed E-state index contributed by atoms with van der Waals surface area (Å²) in [6.45, 7) is 0. The lowest BCUT2D eigenvalue weighted by Crippen LogP contribution is -2.39. The molecule has 3 aromatic carbocycles. The Bertz CT molecular complexity index is 815. The van der Waals surface area contributed by atoms with E-state index in [0.29, 0.717) is 5.92 Å². The lowest BCUT2D eigenvalue weighted by Gasteiger charge is -2.44. The van der Waals surface area contributed by atoms with Gasteiger partial charge in [-0.2, -0.15) is 0 Å². The predicted molar refractivity (Wildman–Crippen MR) is 115 cm³/mol. The molecule has 0 radical (unpaired) electrons. The lowest BCUT2D eigenvalue weighted by molar-refractivity contribution is 0.271. The summed E-state index contributed by atoms with van der Waals surface area (Å²) in [5.74, 6) is 0.556. The maximum absolute atomic E-state index is 6.03. The predicted octanol–water partition coefficient (Wildman–Crippen LogP) is 5.77. The van der Waals surface area contributed by atoms with Crippen LogP contribution in [0.3, 0.4) is 0 Å². The molecule has 0 heterocycles. The van der Waals surface area contributed by atoms with Crippen LogP contribution < -0.4 is 11.5 Å². The number of anilines is 2. The van der Waals surface area contributed by atoms with Gasteiger partial charge in [0, 0.05) is 16.8 Å². The number of nitrogen functional groups attached to an aromatic ring is 2. The number of nitrogens with two attached hydrogens (primary N) is 2. The average Bonchev–Trinajstić information content (AvgIpc) is 2.73. The monoisotopic (exact) mass is 356 g/mol. The summed E-state index contributed by atoms with van der Waals surface area (Å²) in [7, 11) is 0. The van der Waals surface area contributed by atoms with E-state index in [1.54, 1.807) is 0 Å². The fourth-order valence-electron chi connectivity index (χ4n) is 4.94. The highest BCUT2D eigenvalue weighted by Crippen LogP contribution is 2.50. The van der Waals surface area contributed by atoms with Gasteiger partial charge in [-0.1, -0.05) is 73.9 Å². The van der Waals surface area contributed by atoms with Crippen molar-refractivity contribution in [3.05, 3.63) is 95.6 Å². The molecule has 0 saturated heterocycles. The zero-order valence-corrected chi connectivity index (χ0v) is 15.8. The first-order chi connectivity index (χ1) is 13.2. The maximum Gasteiger partial charge on any atom is 0.0479 e. The summed E-state index contributed by atoms with van der Waals surface area (Å²) >= 11 is 0. The molecule has 0 bridgehead atoms. The Morgan fingerprint density at radius 2 is 1.00 bits per heavy atom. The second kappa shape index (κ2) is 7.48. The molecule has 27 heavy (non-hydrogen) atoms. The van der Waals surface area contributed by atoms with Crippen molar-refractivity contribution in [3.63, 3.8) is 0 Å². The Hall–Kier alpha value is -2.74. The number of hydrogen-bond acceptors (Lipinski definition) is 2. The van der Waals surface area contributed by atoms with Gasteiger partial charge in [-0.3, -0.25) is 0 Å². The molecule has 0 spiro atoms. The van der Waals surface area contributed by atoms with Gasteiger partial charge >= 0.3 is 0 Å². The third kappa shape index (κ3) is 3.21. The summed E-state index contributed by atoms with van der Waals surface area (Å²) < 4.78 is 0. The zero-order valence-electron chi connectivity index (χ0n) is 15.8. The van der Waals surface area contributed by atoms with Gasteiger partial charge in [0.25, 0.3) is 0 Å². The van der Waals surface area contributed by atoms with Crippen molar-refractivity contribution in [2.24, 2.45) is 5.92 Å². The molecule has 0 aromatic heterocycles. The van der Waals surface area contributed by atoms with E-state index in [0.717, 1.165) is 11.4 Å². The molecule has 2 heteroatoms. The van der Waals surface area contributed by atoms with E-state index in [1.807, 2.05) is 24.3 Å². The molecule has 2 nitrogen and oxygen atoms in total. The molecular formula is C25H28N2. The highest BCUT2D eigenvalue weighted by molar-refractivity contribution is 5.55. The lowest BCUT2D eigenvalue weighted by atomic mass is 9.58. The minimum Gasteiger partial charge on any atom is -0.399 e. The molecule has 1 aliphatic carbocycles. The van der Waals surface area contributed by atoms with Crippen LogP contribution in [0.4, 0.5) is 11.4 Å². The number of rotatable bonds is 4. The Balaban J connectivity index is 2.01. The first-order valence-corrected chi connectivity index (χ1v) is 9.99. The fraction of sp³-hybridized carbons (Fsp3) is 0.280. The molecular weight excluding hydrogens is 328 g/mol. The van der Waals surface area contributed by atoms with E-state index in [2.05, 4.69) is 54.6 Å². The van der Waals surface area contributed by atoms with E-state index in [1.165, 1.54) is 48.8 Å². The van der Waals surface area contributed by atoms with Crippen molar-refractivity contribution in [2.45, 2.75) is 37.5 Å². The molecule has 4 N–H and O–H groups in total. The summed E-state index contributed by atoms with van der Waals surface area (Å²) in [4.78, 5) is 0. The van der Waals surface area contributed by atoms with Crippen molar-refractivity contribution in [2.75, 3.05) is 11.5 Å². The van der Waals surface area contributed by atoms with Gasteiger partial charge in [0.1, 0.15) is 0 Å². The summed E-state index contributed by atoms with van der Waals surface area (Å²) in [6.07, 6.45) is 6.41. The standard InChI is InChI=1S/C25H28N2/c26-23-15-11-21(12-16-23)25(19-7-3-1-4-8-19,20-9-5-2-6-10-20)22-13-17-24(27)18-14-22/h1,3-4,7-8,11-18,20H,2,5-6,9-10,26-27H2. The number of hydrogen-bond donors (Lipinski definition) is 2. The molecule has 0 unspecified atom stereocenters. The van der Waals surface area contributed by atoms with Crippen LogP contribution in [-0.4, -0.2) is 0 Å². The molecule has 1 saturated carbocycles. The van der Waals surface area contributed by atoms with Gasteiger partial charge in [-0.05, 0) is 59.7 Å². The van der Waals surface area contributed by atoms with Gasteiger partial charge < -0.3 is 11.5 Å². The molecule has 138 valence electrons. The summed E-state index contributed by atoms with van der Waals surface area (Å²) in [6, 6.07) is 28.0. The molecule has 0 aliphatic heterocycles. The Morgan fingerprint density at radius 3 is 1.48 bits per heavy atom. The second-order valence-electron chi connectivity index (χ2n) is 7.75. The minimum absolute atomic E-state index is 0.177. The fourth-order valence-corrected chi connectivity index (χ4v) is 4.94. The average molecular weight is 357 g/mol. The Labute approximate surface area is 162 Å². The van der Waals surface area contributed by atoms with Gasteiger partial charge in [0.15, 0.2) is 0 Å². The third-order valence-electron chi connectivity index (χ3n) is 6.18. The van der Waals surface area contributed by atoms with Crippen molar-refractivity contribution < 1.29 is 0 Å². The van der Waals surface area contributed by atoms with E-state index in [9.17, 15) is 0 Å². The van der Waals surface area contributed by atoms with Gasteiger partial charge in [-0.15, -0.1) is 0 Å². The minimum atomic E-state index is -0.177. The molecule has 0 amide bonds. The molecule has 0 atom stereocenters. The van der Waals surface area contributed by atoms with Crippen LogP contribution in [0.1, 0.15) is 48.8 Å².